The van der Waals surface area contributed by atoms with Crippen LogP contribution in [0.25, 0.3) is 0 Å². The van der Waals surface area contributed by atoms with Crippen LogP contribution in [0.15, 0.2) is 41.3 Å². The molecule has 5 nitrogen and oxygen atoms in total. The molecule has 0 radical (unpaired) electrons. The van der Waals surface area contributed by atoms with Crippen LogP contribution in [-0.4, -0.2) is 14.3 Å². The lowest BCUT2D eigenvalue weighted by molar-refractivity contribution is 0.102. The van der Waals surface area contributed by atoms with Crippen LogP contribution in [0.1, 0.15) is 27.0 Å². The highest BCUT2D eigenvalue weighted by Gasteiger charge is 2.14. The standard InChI is InChI=1S/C16H18N2O3S/c1-10-6-13(9-15(7-10)22(17,20)21)16(19)18-14-5-4-11(2)12(3)8-14/h4-9H,1-3H3,(H,18,19)(H2,17,20,21). The molecule has 2 aromatic rings. The summed E-state index contributed by atoms with van der Waals surface area (Å²) in [7, 11) is -3.85. The lowest BCUT2D eigenvalue weighted by Crippen LogP contribution is -2.16. The van der Waals surface area contributed by atoms with Gasteiger partial charge < -0.3 is 5.32 Å². The molecular formula is C16H18N2O3S. The monoisotopic (exact) mass is 318 g/mol. The summed E-state index contributed by atoms with van der Waals surface area (Å²) in [5.41, 5.74) is 3.75. The molecule has 2 aromatic carbocycles. The van der Waals surface area contributed by atoms with E-state index in [1.807, 2.05) is 26.0 Å². The molecule has 0 saturated carbocycles. The summed E-state index contributed by atoms with van der Waals surface area (Å²) in [4.78, 5) is 12.2. The van der Waals surface area contributed by atoms with Gasteiger partial charge in [-0.25, -0.2) is 13.6 Å². The number of aryl methyl sites for hydroxylation is 3. The van der Waals surface area contributed by atoms with Crippen LogP contribution >= 0.6 is 0 Å². The van der Waals surface area contributed by atoms with Gasteiger partial charge in [-0.3, -0.25) is 4.79 Å². The maximum Gasteiger partial charge on any atom is 0.255 e. The zero-order chi connectivity index (χ0) is 16.5. The van der Waals surface area contributed by atoms with Crippen LogP contribution in [0.5, 0.6) is 0 Å². The van der Waals surface area contributed by atoms with Crippen molar-refractivity contribution in [3.8, 4) is 0 Å². The number of carbonyl (C=O) groups excluding carboxylic acids is 1. The highest BCUT2D eigenvalue weighted by Crippen LogP contribution is 2.18. The molecule has 22 heavy (non-hydrogen) atoms. The first-order chi connectivity index (χ1) is 10.2. The Morgan fingerprint density at radius 2 is 1.68 bits per heavy atom. The van der Waals surface area contributed by atoms with Crippen LogP contribution in [0, 0.1) is 20.8 Å². The molecular weight excluding hydrogens is 300 g/mol. The third-order valence-electron chi connectivity index (χ3n) is 3.41. The molecule has 0 heterocycles. The van der Waals surface area contributed by atoms with E-state index in [0.29, 0.717) is 11.3 Å². The fraction of sp³-hybridized carbons (Fsp3) is 0.188. The molecule has 0 saturated heterocycles. The first kappa shape index (κ1) is 16.2. The van der Waals surface area contributed by atoms with E-state index in [0.717, 1.165) is 11.1 Å². The van der Waals surface area contributed by atoms with Gasteiger partial charge in [-0.15, -0.1) is 0 Å². The molecule has 0 aromatic heterocycles. The van der Waals surface area contributed by atoms with Crippen molar-refractivity contribution in [2.24, 2.45) is 5.14 Å². The normalized spacial score (nSPS) is 11.3. The van der Waals surface area contributed by atoms with Crippen molar-refractivity contribution < 1.29 is 13.2 Å². The Morgan fingerprint density at radius 3 is 2.27 bits per heavy atom. The predicted molar refractivity (Wildman–Crippen MR) is 86.4 cm³/mol. The molecule has 0 unspecified atom stereocenters. The number of rotatable bonds is 3. The molecule has 116 valence electrons. The van der Waals surface area contributed by atoms with E-state index in [1.165, 1.54) is 12.1 Å². The maximum atomic E-state index is 12.3. The number of carbonyl (C=O) groups is 1. The number of benzene rings is 2. The van der Waals surface area contributed by atoms with Crippen molar-refractivity contribution in [2.75, 3.05) is 5.32 Å². The van der Waals surface area contributed by atoms with Gasteiger partial charge in [0.1, 0.15) is 0 Å². The molecule has 1 amide bonds. The molecule has 6 heteroatoms. The van der Waals surface area contributed by atoms with E-state index in [9.17, 15) is 13.2 Å². The maximum absolute atomic E-state index is 12.3. The first-order valence-electron chi connectivity index (χ1n) is 6.70. The largest absolute Gasteiger partial charge is 0.322 e. The fourth-order valence-electron chi connectivity index (χ4n) is 2.07. The van der Waals surface area contributed by atoms with E-state index in [1.54, 1.807) is 19.1 Å². The van der Waals surface area contributed by atoms with Gasteiger partial charge in [0.2, 0.25) is 10.0 Å². The van der Waals surface area contributed by atoms with Crippen molar-refractivity contribution in [1.29, 1.82) is 0 Å². The van der Waals surface area contributed by atoms with Crippen LogP contribution in [0.3, 0.4) is 0 Å². The Kier molecular flexibility index (Phi) is 4.35. The number of nitrogens with two attached hydrogens (primary N) is 1. The van der Waals surface area contributed by atoms with Crippen molar-refractivity contribution in [1.82, 2.24) is 0 Å². The smallest absolute Gasteiger partial charge is 0.255 e. The van der Waals surface area contributed by atoms with Gasteiger partial charge in [-0.2, -0.15) is 0 Å². The van der Waals surface area contributed by atoms with Crippen molar-refractivity contribution >= 4 is 21.6 Å². The number of amides is 1. The second-order valence-corrected chi connectivity index (χ2v) is 6.89. The zero-order valence-electron chi connectivity index (χ0n) is 12.7. The zero-order valence-corrected chi connectivity index (χ0v) is 13.5. The third-order valence-corrected chi connectivity index (χ3v) is 4.30. The van der Waals surface area contributed by atoms with Crippen LogP contribution in [-0.2, 0) is 10.0 Å². The number of sulfonamides is 1. The summed E-state index contributed by atoms with van der Waals surface area (Å²) < 4.78 is 22.9. The summed E-state index contributed by atoms with van der Waals surface area (Å²) in [6, 6.07) is 9.91. The van der Waals surface area contributed by atoms with Gasteiger partial charge in [-0.05, 0) is 67.8 Å². The summed E-state index contributed by atoms with van der Waals surface area (Å²) in [5, 5.41) is 7.88. The van der Waals surface area contributed by atoms with Gasteiger partial charge in [0.05, 0.1) is 4.90 Å². The van der Waals surface area contributed by atoms with E-state index >= 15 is 0 Å². The molecule has 0 spiro atoms. The minimum absolute atomic E-state index is 0.0715. The highest BCUT2D eigenvalue weighted by molar-refractivity contribution is 7.89. The third kappa shape index (κ3) is 3.72. The fourth-order valence-corrected chi connectivity index (χ4v) is 2.71. The number of anilines is 1. The lowest BCUT2D eigenvalue weighted by Gasteiger charge is -2.09. The summed E-state index contributed by atoms with van der Waals surface area (Å²) in [6.45, 7) is 5.65. The lowest BCUT2D eigenvalue weighted by atomic mass is 10.1. The predicted octanol–water partition coefficient (Wildman–Crippen LogP) is 2.51. The van der Waals surface area contributed by atoms with E-state index in [4.69, 9.17) is 5.14 Å². The van der Waals surface area contributed by atoms with Crippen LogP contribution in [0.2, 0.25) is 0 Å². The quantitative estimate of drug-likeness (QED) is 0.911. The summed E-state index contributed by atoms with van der Waals surface area (Å²) in [5.74, 6) is -0.378. The van der Waals surface area contributed by atoms with Gasteiger partial charge >= 0.3 is 0 Å². The Morgan fingerprint density at radius 1 is 1.00 bits per heavy atom. The van der Waals surface area contributed by atoms with Gasteiger partial charge in [0, 0.05) is 11.3 Å². The van der Waals surface area contributed by atoms with Crippen LogP contribution < -0.4 is 10.5 Å². The van der Waals surface area contributed by atoms with Crippen LogP contribution in [0.4, 0.5) is 5.69 Å². The van der Waals surface area contributed by atoms with E-state index in [-0.39, 0.29) is 16.4 Å². The number of hydrogen-bond donors (Lipinski definition) is 2. The average Bonchev–Trinajstić information content (AvgIpc) is 2.41. The SMILES string of the molecule is Cc1cc(C(=O)Nc2ccc(C)c(C)c2)cc(S(N)(=O)=O)c1. The Labute approximate surface area is 130 Å². The second kappa shape index (κ2) is 5.90. The molecule has 0 aliphatic heterocycles. The molecule has 0 aliphatic rings. The van der Waals surface area contributed by atoms with Gasteiger partial charge in [0.25, 0.3) is 5.91 Å². The van der Waals surface area contributed by atoms with E-state index in [2.05, 4.69) is 5.32 Å². The molecule has 0 aliphatic carbocycles. The Hall–Kier alpha value is -2.18. The first-order valence-corrected chi connectivity index (χ1v) is 8.24. The molecule has 0 bridgehead atoms. The minimum Gasteiger partial charge on any atom is -0.322 e. The second-order valence-electron chi connectivity index (χ2n) is 5.33. The molecule has 0 atom stereocenters. The van der Waals surface area contributed by atoms with Crippen molar-refractivity contribution in [3.05, 3.63) is 58.7 Å². The Bertz CT molecular complexity index is 842. The average molecular weight is 318 g/mol. The minimum atomic E-state index is -3.85. The summed E-state index contributed by atoms with van der Waals surface area (Å²) in [6.07, 6.45) is 0. The van der Waals surface area contributed by atoms with Gasteiger partial charge in [-0.1, -0.05) is 6.07 Å². The highest BCUT2D eigenvalue weighted by atomic mass is 32.2. The topological polar surface area (TPSA) is 89.3 Å². The van der Waals surface area contributed by atoms with Gasteiger partial charge in [0.15, 0.2) is 0 Å². The van der Waals surface area contributed by atoms with E-state index < -0.39 is 10.0 Å². The van der Waals surface area contributed by atoms with Crippen molar-refractivity contribution in [2.45, 2.75) is 25.7 Å². The summed E-state index contributed by atoms with van der Waals surface area (Å²) >= 11 is 0. The number of nitrogens with one attached hydrogen (secondary N) is 1. The molecule has 2 rings (SSSR count). The van der Waals surface area contributed by atoms with Crippen molar-refractivity contribution in [3.63, 3.8) is 0 Å². The molecule has 3 N–H and O–H groups in total. The number of hydrogen-bond acceptors (Lipinski definition) is 3. The number of primary sulfonamides is 1. The Balaban J connectivity index is 2.33. The molecule has 0 fully saturated rings.